The minimum Gasteiger partial charge on any atom is -0.443 e. The minimum absolute atomic E-state index is 0.167. The maximum absolute atomic E-state index is 14.1. The Morgan fingerprint density at radius 1 is 0.900 bits per heavy atom. The highest BCUT2D eigenvalue weighted by Gasteiger charge is 2.27. The molecule has 3 aromatic carbocycles. The Hall–Kier alpha value is -3.67. The lowest BCUT2D eigenvalue weighted by molar-refractivity contribution is 0.0741. The van der Waals surface area contributed by atoms with Gasteiger partial charge in [0.05, 0.1) is 5.69 Å². The van der Waals surface area contributed by atoms with Gasteiger partial charge >= 0.3 is 0 Å². The lowest BCUT2D eigenvalue weighted by atomic mass is 10.0. The van der Waals surface area contributed by atoms with Crippen LogP contribution in [0.5, 0.6) is 0 Å². The Morgan fingerprint density at radius 3 is 2.43 bits per heavy atom. The Labute approximate surface area is 173 Å². The third kappa shape index (κ3) is 3.30. The van der Waals surface area contributed by atoms with E-state index >= 15 is 0 Å². The Balaban J connectivity index is 1.35. The predicted molar refractivity (Wildman–Crippen MR) is 114 cm³/mol. The summed E-state index contributed by atoms with van der Waals surface area (Å²) in [5.41, 5.74) is 1.70. The third-order valence-corrected chi connectivity index (χ3v) is 5.54. The van der Waals surface area contributed by atoms with Gasteiger partial charge in [-0.05, 0) is 29.0 Å². The molecule has 4 aromatic rings. The van der Waals surface area contributed by atoms with Crippen molar-refractivity contribution >= 4 is 22.4 Å². The molecule has 0 spiro atoms. The zero-order chi connectivity index (χ0) is 20.5. The van der Waals surface area contributed by atoms with Crippen LogP contribution in [-0.4, -0.2) is 42.0 Å². The lowest BCUT2D eigenvalue weighted by Gasteiger charge is -2.36. The van der Waals surface area contributed by atoms with Crippen LogP contribution in [0.25, 0.3) is 22.1 Å². The maximum atomic E-state index is 14.1. The molecule has 30 heavy (non-hydrogen) atoms. The van der Waals surface area contributed by atoms with Gasteiger partial charge < -0.3 is 14.2 Å². The van der Waals surface area contributed by atoms with Crippen molar-refractivity contribution in [3.8, 4) is 11.3 Å². The molecule has 5 nitrogen and oxygen atoms in total. The fraction of sp³-hybridized carbons (Fsp3) is 0.167. The number of hydrogen-bond acceptors (Lipinski definition) is 4. The number of oxazole rings is 1. The van der Waals surface area contributed by atoms with Crippen LogP contribution in [0.1, 0.15) is 10.5 Å². The number of para-hydroxylation sites is 1. The number of benzene rings is 3. The van der Waals surface area contributed by atoms with Crippen LogP contribution in [0.3, 0.4) is 0 Å². The van der Waals surface area contributed by atoms with Crippen molar-refractivity contribution in [1.82, 2.24) is 9.88 Å². The van der Waals surface area contributed by atoms with Crippen LogP contribution < -0.4 is 4.90 Å². The zero-order valence-electron chi connectivity index (χ0n) is 16.3. The molecule has 1 fully saturated rings. The molecule has 2 heterocycles. The van der Waals surface area contributed by atoms with E-state index in [0.29, 0.717) is 43.3 Å². The third-order valence-electron chi connectivity index (χ3n) is 5.54. The summed E-state index contributed by atoms with van der Waals surface area (Å²) < 4.78 is 19.7. The number of hydrogen-bond donors (Lipinski definition) is 0. The van der Waals surface area contributed by atoms with E-state index in [4.69, 9.17) is 4.42 Å². The van der Waals surface area contributed by atoms with Crippen LogP contribution in [0.2, 0.25) is 0 Å². The molecule has 0 saturated carbocycles. The van der Waals surface area contributed by atoms with Gasteiger partial charge in [0.15, 0.2) is 17.8 Å². The van der Waals surface area contributed by atoms with E-state index in [-0.39, 0.29) is 11.7 Å². The van der Waals surface area contributed by atoms with Crippen molar-refractivity contribution in [2.45, 2.75) is 0 Å². The van der Waals surface area contributed by atoms with Gasteiger partial charge in [0, 0.05) is 31.7 Å². The predicted octanol–water partition coefficient (Wildman–Crippen LogP) is 4.60. The maximum Gasteiger partial charge on any atom is 0.276 e. The van der Waals surface area contributed by atoms with Crippen LogP contribution in [-0.2, 0) is 0 Å². The summed E-state index contributed by atoms with van der Waals surface area (Å²) >= 11 is 0. The Morgan fingerprint density at radius 2 is 1.63 bits per heavy atom. The second-order valence-corrected chi connectivity index (χ2v) is 7.32. The highest BCUT2D eigenvalue weighted by molar-refractivity contribution is 5.99. The first-order valence-electron chi connectivity index (χ1n) is 9.92. The van der Waals surface area contributed by atoms with Crippen LogP contribution in [0, 0.1) is 5.82 Å². The number of piperazine rings is 1. The number of aromatic nitrogens is 1. The average molecular weight is 401 g/mol. The Kier molecular flexibility index (Phi) is 4.67. The molecule has 0 radical (unpaired) electrons. The summed E-state index contributed by atoms with van der Waals surface area (Å²) in [5.74, 6) is 0.0646. The minimum atomic E-state index is -0.243. The van der Waals surface area contributed by atoms with E-state index in [9.17, 15) is 9.18 Å². The fourth-order valence-electron chi connectivity index (χ4n) is 3.94. The number of fused-ring (bicyclic) bond motifs is 1. The quantitative estimate of drug-likeness (QED) is 0.504. The van der Waals surface area contributed by atoms with Crippen LogP contribution >= 0.6 is 0 Å². The molecule has 0 unspecified atom stereocenters. The summed E-state index contributed by atoms with van der Waals surface area (Å²) in [5, 5.41) is 2.20. The number of anilines is 1. The number of amides is 1. The molecule has 1 saturated heterocycles. The smallest absolute Gasteiger partial charge is 0.276 e. The van der Waals surface area contributed by atoms with Crippen molar-refractivity contribution in [2.75, 3.05) is 31.1 Å². The molecule has 0 bridgehead atoms. The summed E-state index contributed by atoms with van der Waals surface area (Å²) in [6.45, 7) is 2.13. The van der Waals surface area contributed by atoms with Crippen molar-refractivity contribution in [3.63, 3.8) is 0 Å². The highest BCUT2D eigenvalue weighted by atomic mass is 19.1. The van der Waals surface area contributed by atoms with Crippen LogP contribution in [0.4, 0.5) is 10.1 Å². The number of carbonyl (C=O) groups excluding carboxylic acids is 1. The molecule has 1 aliphatic rings. The van der Waals surface area contributed by atoms with Crippen molar-refractivity contribution in [1.29, 1.82) is 0 Å². The molecule has 0 N–H and O–H groups in total. The van der Waals surface area contributed by atoms with Gasteiger partial charge in [-0.25, -0.2) is 9.37 Å². The van der Waals surface area contributed by atoms with Crippen molar-refractivity contribution < 1.29 is 13.6 Å². The summed E-state index contributed by atoms with van der Waals surface area (Å²) in [4.78, 5) is 21.1. The van der Waals surface area contributed by atoms with E-state index < -0.39 is 0 Å². The number of halogens is 1. The Bertz CT molecular complexity index is 1210. The van der Waals surface area contributed by atoms with Gasteiger partial charge in [0.1, 0.15) is 5.82 Å². The lowest BCUT2D eigenvalue weighted by Crippen LogP contribution is -2.49. The van der Waals surface area contributed by atoms with E-state index in [2.05, 4.69) is 4.98 Å². The largest absolute Gasteiger partial charge is 0.443 e. The number of nitrogens with zero attached hydrogens (tertiary/aromatic N) is 3. The normalized spacial score (nSPS) is 14.3. The van der Waals surface area contributed by atoms with E-state index in [0.717, 1.165) is 16.3 Å². The van der Waals surface area contributed by atoms with E-state index in [1.165, 1.54) is 12.5 Å². The topological polar surface area (TPSA) is 49.6 Å². The highest BCUT2D eigenvalue weighted by Crippen LogP contribution is 2.28. The molecule has 0 atom stereocenters. The molecular weight excluding hydrogens is 381 g/mol. The van der Waals surface area contributed by atoms with Crippen molar-refractivity contribution in [3.05, 3.63) is 84.6 Å². The second kappa shape index (κ2) is 7.63. The first kappa shape index (κ1) is 18.4. The van der Waals surface area contributed by atoms with Crippen molar-refractivity contribution in [2.24, 2.45) is 0 Å². The SMILES string of the molecule is O=C(c1ncoc1-c1ccc2ccccc2c1)N1CCN(c2ccccc2F)CC1. The van der Waals surface area contributed by atoms with E-state index in [1.54, 1.807) is 17.0 Å². The molecule has 0 aliphatic carbocycles. The summed E-state index contributed by atoms with van der Waals surface area (Å²) in [6.07, 6.45) is 1.31. The van der Waals surface area contributed by atoms with Gasteiger partial charge in [0.25, 0.3) is 5.91 Å². The van der Waals surface area contributed by atoms with E-state index in [1.807, 2.05) is 53.4 Å². The standard InChI is InChI=1S/C24H20FN3O2/c25-20-7-3-4-8-21(20)27-11-13-28(14-12-27)24(29)22-23(30-16-26-22)19-10-9-17-5-1-2-6-18(17)15-19/h1-10,15-16H,11-14H2. The first-order chi connectivity index (χ1) is 14.7. The van der Waals surface area contributed by atoms with Gasteiger partial charge in [-0.1, -0.05) is 48.5 Å². The molecule has 1 aromatic heterocycles. The summed E-state index contributed by atoms with van der Waals surface area (Å²) in [6, 6.07) is 20.7. The summed E-state index contributed by atoms with van der Waals surface area (Å²) in [7, 11) is 0. The molecule has 6 heteroatoms. The second-order valence-electron chi connectivity index (χ2n) is 7.32. The zero-order valence-corrected chi connectivity index (χ0v) is 16.3. The van der Waals surface area contributed by atoms with Gasteiger partial charge in [-0.15, -0.1) is 0 Å². The molecule has 1 amide bonds. The molecule has 150 valence electrons. The van der Waals surface area contributed by atoms with Crippen LogP contribution in [0.15, 0.2) is 77.5 Å². The molecular formula is C24H20FN3O2. The van der Waals surface area contributed by atoms with Gasteiger partial charge in [-0.2, -0.15) is 0 Å². The fourth-order valence-corrected chi connectivity index (χ4v) is 3.94. The van der Waals surface area contributed by atoms with Gasteiger partial charge in [-0.3, -0.25) is 4.79 Å². The average Bonchev–Trinajstić information content (AvgIpc) is 3.29. The number of rotatable bonds is 3. The first-order valence-corrected chi connectivity index (χ1v) is 9.92. The monoisotopic (exact) mass is 401 g/mol. The molecule has 1 aliphatic heterocycles. The number of carbonyl (C=O) groups is 1. The van der Waals surface area contributed by atoms with Gasteiger partial charge in [0.2, 0.25) is 0 Å². The molecule has 5 rings (SSSR count).